The molecule has 3 aromatic rings. The minimum atomic E-state index is -0.204. The molecule has 1 fully saturated rings. The Kier molecular flexibility index (Phi) is 4.77. The fourth-order valence-corrected chi connectivity index (χ4v) is 3.60. The van der Waals surface area contributed by atoms with Crippen molar-refractivity contribution in [1.82, 2.24) is 25.0 Å². The van der Waals surface area contributed by atoms with Gasteiger partial charge in [-0.1, -0.05) is 12.1 Å². The molecule has 0 aromatic carbocycles. The number of likely N-dealkylation sites (tertiary alicyclic amines) is 1. The Labute approximate surface area is 161 Å². The maximum atomic E-state index is 13.0. The van der Waals surface area contributed by atoms with Crippen LogP contribution in [0.4, 0.5) is 0 Å². The molecule has 1 aliphatic rings. The van der Waals surface area contributed by atoms with Crippen molar-refractivity contribution in [3.63, 3.8) is 0 Å². The minimum Gasteiger partial charge on any atom is -0.360 e. The van der Waals surface area contributed by atoms with Crippen LogP contribution in [0.5, 0.6) is 0 Å². The monoisotopic (exact) mass is 379 g/mol. The summed E-state index contributed by atoms with van der Waals surface area (Å²) >= 11 is 0. The molecule has 4 rings (SSSR count). The van der Waals surface area contributed by atoms with Gasteiger partial charge >= 0.3 is 0 Å². The number of aromatic nitrogens is 4. The first-order valence-corrected chi connectivity index (χ1v) is 9.33. The van der Waals surface area contributed by atoms with Crippen molar-refractivity contribution >= 4 is 5.91 Å². The second-order valence-corrected chi connectivity index (χ2v) is 6.91. The molecule has 1 N–H and O–H groups in total. The summed E-state index contributed by atoms with van der Waals surface area (Å²) in [5.74, 6) is 1.11. The first kappa shape index (κ1) is 18.1. The average Bonchev–Trinajstić information content (AvgIpc) is 3.34. The number of aromatic amines is 1. The van der Waals surface area contributed by atoms with Crippen molar-refractivity contribution in [2.24, 2.45) is 0 Å². The van der Waals surface area contributed by atoms with E-state index in [1.807, 2.05) is 19.1 Å². The highest BCUT2D eigenvalue weighted by molar-refractivity contribution is 5.96. The Balaban J connectivity index is 1.58. The van der Waals surface area contributed by atoms with Gasteiger partial charge in [0.05, 0.1) is 11.4 Å². The number of nitrogens with zero attached hydrogens (tertiary/aromatic N) is 4. The van der Waals surface area contributed by atoms with Gasteiger partial charge in [-0.25, -0.2) is 4.98 Å². The number of carbonyl (C=O) groups excluding carboxylic acids is 1. The summed E-state index contributed by atoms with van der Waals surface area (Å²) in [6.07, 6.45) is 4.68. The number of H-pyrrole nitrogens is 1. The van der Waals surface area contributed by atoms with Crippen LogP contribution in [0.15, 0.2) is 39.9 Å². The molecule has 0 bridgehead atoms. The normalized spacial score (nSPS) is 16.5. The number of rotatable bonds is 4. The third kappa shape index (κ3) is 3.33. The summed E-state index contributed by atoms with van der Waals surface area (Å²) in [5, 5.41) is 3.93. The number of amides is 1. The molecule has 0 aliphatic carbocycles. The van der Waals surface area contributed by atoms with Crippen LogP contribution in [0.25, 0.3) is 11.3 Å². The number of aryl methyl sites for hydroxylation is 2. The Bertz CT molecular complexity index is 1060. The minimum absolute atomic E-state index is 0.0244. The van der Waals surface area contributed by atoms with E-state index < -0.39 is 0 Å². The predicted molar refractivity (Wildman–Crippen MR) is 102 cm³/mol. The highest BCUT2D eigenvalue weighted by Gasteiger charge is 2.32. The summed E-state index contributed by atoms with van der Waals surface area (Å²) in [5.41, 5.74) is 2.39. The van der Waals surface area contributed by atoms with Crippen molar-refractivity contribution in [2.75, 3.05) is 13.1 Å². The van der Waals surface area contributed by atoms with Crippen LogP contribution in [0, 0.1) is 6.92 Å². The molecule has 144 valence electrons. The maximum Gasteiger partial charge on any atom is 0.259 e. The van der Waals surface area contributed by atoms with Gasteiger partial charge in [0, 0.05) is 49.5 Å². The van der Waals surface area contributed by atoms with Crippen LogP contribution in [0.3, 0.4) is 0 Å². The van der Waals surface area contributed by atoms with Crippen molar-refractivity contribution in [3.8, 4) is 11.3 Å². The molecule has 4 heterocycles. The van der Waals surface area contributed by atoms with E-state index in [4.69, 9.17) is 4.52 Å². The number of hydrogen-bond donors (Lipinski definition) is 1. The molecule has 0 spiro atoms. The van der Waals surface area contributed by atoms with Gasteiger partial charge in [0.15, 0.2) is 0 Å². The van der Waals surface area contributed by atoms with Gasteiger partial charge in [-0.2, -0.15) is 0 Å². The zero-order chi connectivity index (χ0) is 19.7. The van der Waals surface area contributed by atoms with E-state index in [1.54, 1.807) is 24.2 Å². The average molecular weight is 379 g/mol. The van der Waals surface area contributed by atoms with Crippen LogP contribution < -0.4 is 5.56 Å². The SMILES string of the molecule is CCc1onc(C)c1C(=O)N1CC[C@@H](c2nc(-c3ccncc3)cc(=O)[nH]2)C1. The molecule has 0 unspecified atom stereocenters. The fourth-order valence-electron chi connectivity index (χ4n) is 3.60. The highest BCUT2D eigenvalue weighted by Crippen LogP contribution is 2.28. The van der Waals surface area contributed by atoms with Gasteiger partial charge < -0.3 is 14.4 Å². The van der Waals surface area contributed by atoms with E-state index in [2.05, 4.69) is 20.1 Å². The zero-order valence-corrected chi connectivity index (χ0v) is 15.8. The van der Waals surface area contributed by atoms with E-state index >= 15 is 0 Å². The van der Waals surface area contributed by atoms with Gasteiger partial charge in [-0.15, -0.1) is 0 Å². The summed E-state index contributed by atoms with van der Waals surface area (Å²) in [6.45, 7) is 4.80. The number of nitrogens with one attached hydrogen (secondary N) is 1. The maximum absolute atomic E-state index is 13.0. The van der Waals surface area contributed by atoms with Crippen LogP contribution >= 0.6 is 0 Å². The molecule has 3 aromatic heterocycles. The van der Waals surface area contributed by atoms with Crippen molar-refractivity contribution in [2.45, 2.75) is 32.6 Å². The molecule has 1 atom stereocenters. The molecule has 0 saturated carbocycles. The van der Waals surface area contributed by atoms with Gasteiger partial charge in [0.1, 0.15) is 17.1 Å². The molecular weight excluding hydrogens is 358 g/mol. The van der Waals surface area contributed by atoms with E-state index in [-0.39, 0.29) is 17.4 Å². The lowest BCUT2D eigenvalue weighted by Gasteiger charge is -2.16. The molecule has 1 amide bonds. The van der Waals surface area contributed by atoms with Crippen LogP contribution in [0.2, 0.25) is 0 Å². The molecule has 28 heavy (non-hydrogen) atoms. The van der Waals surface area contributed by atoms with Crippen LogP contribution in [-0.2, 0) is 6.42 Å². The molecule has 8 heteroatoms. The second-order valence-electron chi connectivity index (χ2n) is 6.91. The van der Waals surface area contributed by atoms with Crippen molar-refractivity contribution < 1.29 is 9.32 Å². The lowest BCUT2D eigenvalue weighted by atomic mass is 10.1. The first-order valence-electron chi connectivity index (χ1n) is 9.33. The van der Waals surface area contributed by atoms with Crippen molar-refractivity contribution in [3.05, 3.63) is 63.8 Å². The summed E-state index contributed by atoms with van der Waals surface area (Å²) in [6, 6.07) is 5.11. The van der Waals surface area contributed by atoms with E-state index in [0.717, 1.165) is 12.0 Å². The molecule has 1 aliphatic heterocycles. The van der Waals surface area contributed by atoms with Crippen LogP contribution in [0.1, 0.15) is 46.9 Å². The molecular formula is C20H21N5O3. The first-order chi connectivity index (χ1) is 13.6. The standard InChI is InChI=1S/C20H21N5O3/c1-3-16-18(12(2)24-28-16)20(27)25-9-6-14(11-25)19-22-15(10-17(26)23-19)13-4-7-21-8-5-13/h4-5,7-8,10,14H,3,6,9,11H2,1-2H3,(H,22,23,26)/t14-/m1/s1. The summed E-state index contributed by atoms with van der Waals surface area (Å²) in [4.78, 5) is 38.4. The van der Waals surface area contributed by atoms with Gasteiger partial charge in [0.25, 0.3) is 11.5 Å². The van der Waals surface area contributed by atoms with Crippen LogP contribution in [-0.4, -0.2) is 44.0 Å². The molecule has 0 radical (unpaired) electrons. The largest absolute Gasteiger partial charge is 0.360 e. The number of pyridine rings is 1. The topological polar surface area (TPSA) is 105 Å². The lowest BCUT2D eigenvalue weighted by molar-refractivity contribution is 0.0787. The quantitative estimate of drug-likeness (QED) is 0.746. The van der Waals surface area contributed by atoms with E-state index in [1.165, 1.54) is 6.07 Å². The van der Waals surface area contributed by atoms with E-state index in [0.29, 0.717) is 48.0 Å². The Morgan fingerprint density at radius 1 is 1.36 bits per heavy atom. The second kappa shape index (κ2) is 7.38. The summed E-state index contributed by atoms with van der Waals surface area (Å²) < 4.78 is 5.25. The molecule has 1 saturated heterocycles. The highest BCUT2D eigenvalue weighted by atomic mass is 16.5. The van der Waals surface area contributed by atoms with Gasteiger partial charge in [-0.05, 0) is 25.5 Å². The zero-order valence-electron chi connectivity index (χ0n) is 15.8. The summed E-state index contributed by atoms with van der Waals surface area (Å²) in [7, 11) is 0. The number of carbonyl (C=O) groups is 1. The van der Waals surface area contributed by atoms with Crippen molar-refractivity contribution in [1.29, 1.82) is 0 Å². The fraction of sp³-hybridized carbons (Fsp3) is 0.350. The Hall–Kier alpha value is -3.29. The number of hydrogen-bond acceptors (Lipinski definition) is 6. The van der Waals surface area contributed by atoms with Gasteiger partial charge in [0.2, 0.25) is 0 Å². The Morgan fingerprint density at radius 2 is 2.14 bits per heavy atom. The third-order valence-corrected chi connectivity index (χ3v) is 5.07. The van der Waals surface area contributed by atoms with E-state index in [9.17, 15) is 9.59 Å². The predicted octanol–water partition coefficient (Wildman–Crippen LogP) is 2.32. The third-order valence-electron chi connectivity index (χ3n) is 5.07. The van der Waals surface area contributed by atoms with Gasteiger partial charge in [-0.3, -0.25) is 14.6 Å². The molecule has 8 nitrogen and oxygen atoms in total. The Morgan fingerprint density at radius 3 is 2.89 bits per heavy atom. The lowest BCUT2D eigenvalue weighted by Crippen LogP contribution is -2.29. The smallest absolute Gasteiger partial charge is 0.259 e.